The van der Waals surface area contributed by atoms with Gasteiger partial charge in [0.05, 0.1) is 4.92 Å². The van der Waals surface area contributed by atoms with E-state index in [2.05, 4.69) is 18.3 Å². The highest BCUT2D eigenvalue weighted by molar-refractivity contribution is 5.92. The molecule has 0 spiro atoms. The summed E-state index contributed by atoms with van der Waals surface area (Å²) in [5.41, 5.74) is -0.514. The Morgan fingerprint density at radius 3 is 2.50 bits per heavy atom. The number of hydrogen-bond donors (Lipinski definition) is 0. The fourth-order valence-corrected chi connectivity index (χ4v) is 2.44. The van der Waals surface area contributed by atoms with Gasteiger partial charge in [0.2, 0.25) is 5.43 Å². The Balaban J connectivity index is 2.62. The van der Waals surface area contributed by atoms with E-state index >= 15 is 0 Å². The molecule has 1 aromatic carbocycles. The molecule has 0 N–H and O–H groups in total. The van der Waals surface area contributed by atoms with Gasteiger partial charge in [0.15, 0.2) is 5.69 Å². The van der Waals surface area contributed by atoms with E-state index in [1.807, 2.05) is 0 Å². The molecule has 0 atom stereocenters. The van der Waals surface area contributed by atoms with Crippen molar-refractivity contribution in [3.63, 3.8) is 0 Å². The summed E-state index contributed by atoms with van der Waals surface area (Å²) >= 11 is 0. The van der Waals surface area contributed by atoms with Crippen molar-refractivity contribution >= 4 is 11.6 Å². The second kappa shape index (κ2) is 8.02. The third kappa shape index (κ3) is 3.75. The smallest absolute Gasteiger partial charge is 0.294 e. The molecule has 0 fully saturated rings. The molecule has 26 heavy (non-hydrogen) atoms. The summed E-state index contributed by atoms with van der Waals surface area (Å²) in [4.78, 5) is 37.1. The highest BCUT2D eigenvalue weighted by Gasteiger charge is 2.22. The van der Waals surface area contributed by atoms with Gasteiger partial charge in [0.1, 0.15) is 5.69 Å². The van der Waals surface area contributed by atoms with E-state index in [1.54, 1.807) is 13.0 Å². The molecule has 0 aliphatic heterocycles. The van der Waals surface area contributed by atoms with Gasteiger partial charge >= 0.3 is 0 Å². The maximum Gasteiger partial charge on any atom is 0.294 e. The van der Waals surface area contributed by atoms with Crippen LogP contribution in [0.5, 0.6) is 0 Å². The third-order valence-corrected chi connectivity index (χ3v) is 3.60. The van der Waals surface area contributed by atoms with Gasteiger partial charge in [-0.3, -0.25) is 19.7 Å². The largest absolute Gasteiger partial charge is 0.330 e. The van der Waals surface area contributed by atoms with E-state index in [1.165, 1.54) is 46.0 Å². The topological polar surface area (TPSA) is 98.3 Å². The van der Waals surface area contributed by atoms with Crippen molar-refractivity contribution in [3.05, 3.63) is 87.4 Å². The molecular formula is C18H18N4O4. The molecule has 8 nitrogen and oxygen atoms in total. The average Bonchev–Trinajstić information content (AvgIpc) is 2.61. The zero-order chi connectivity index (χ0) is 19.3. The molecule has 2 aromatic rings. The van der Waals surface area contributed by atoms with Crippen LogP contribution in [0.3, 0.4) is 0 Å². The predicted molar refractivity (Wildman–Crippen MR) is 97.5 cm³/mol. The minimum absolute atomic E-state index is 0.169. The van der Waals surface area contributed by atoms with Gasteiger partial charge in [-0.25, -0.2) is 4.68 Å². The van der Waals surface area contributed by atoms with Crippen LogP contribution in [0.4, 0.5) is 5.69 Å². The van der Waals surface area contributed by atoms with Crippen LogP contribution in [-0.4, -0.2) is 38.6 Å². The summed E-state index contributed by atoms with van der Waals surface area (Å²) in [5, 5.41) is 15.4. The second-order valence-corrected chi connectivity index (χ2v) is 5.44. The van der Waals surface area contributed by atoms with Crippen LogP contribution >= 0.6 is 0 Å². The molecule has 134 valence electrons. The van der Waals surface area contributed by atoms with Crippen LogP contribution in [0.1, 0.15) is 16.2 Å². The van der Waals surface area contributed by atoms with Gasteiger partial charge in [-0.2, -0.15) is 5.10 Å². The number of aryl methyl sites for hydroxylation is 1. The number of nitrogens with zero attached hydrogens (tertiary/aromatic N) is 4. The minimum atomic E-state index is -0.595. The molecule has 0 saturated carbocycles. The number of nitro groups is 1. The summed E-state index contributed by atoms with van der Waals surface area (Å²) in [6.45, 7) is 9.18. The van der Waals surface area contributed by atoms with E-state index in [4.69, 9.17) is 0 Å². The van der Waals surface area contributed by atoms with Crippen LogP contribution in [0, 0.1) is 17.0 Å². The zero-order valence-corrected chi connectivity index (χ0v) is 14.3. The zero-order valence-electron chi connectivity index (χ0n) is 14.3. The molecule has 1 aromatic heterocycles. The first kappa shape index (κ1) is 18.8. The van der Waals surface area contributed by atoms with Crippen molar-refractivity contribution in [2.24, 2.45) is 0 Å². The lowest BCUT2D eigenvalue weighted by atomic mass is 10.2. The number of hydrogen-bond acceptors (Lipinski definition) is 5. The van der Waals surface area contributed by atoms with E-state index < -0.39 is 16.3 Å². The maximum atomic E-state index is 12.7. The summed E-state index contributed by atoms with van der Waals surface area (Å²) in [5.74, 6) is -0.595. The van der Waals surface area contributed by atoms with Gasteiger partial charge in [-0.05, 0) is 13.0 Å². The Hall–Kier alpha value is -3.55. The van der Waals surface area contributed by atoms with Gasteiger partial charge in [0.25, 0.3) is 11.6 Å². The molecule has 8 heteroatoms. The molecular weight excluding hydrogens is 336 g/mol. The number of rotatable bonds is 7. The SMILES string of the molecule is C=CCN(CC=C)C(=O)c1nn(-c2ccccc2[N+](=O)[O-])c(C)cc1=O. The van der Waals surface area contributed by atoms with Crippen LogP contribution in [0.15, 0.2) is 60.4 Å². The summed E-state index contributed by atoms with van der Waals surface area (Å²) in [7, 11) is 0. The van der Waals surface area contributed by atoms with Crippen molar-refractivity contribution in [1.82, 2.24) is 14.7 Å². The number of nitro benzene ring substituents is 1. The van der Waals surface area contributed by atoms with E-state index in [0.29, 0.717) is 5.69 Å². The molecule has 0 aliphatic carbocycles. The first-order chi connectivity index (χ1) is 12.4. The number of benzene rings is 1. The van der Waals surface area contributed by atoms with Crippen LogP contribution in [0.25, 0.3) is 5.69 Å². The monoisotopic (exact) mass is 354 g/mol. The van der Waals surface area contributed by atoms with Crippen molar-refractivity contribution in [3.8, 4) is 5.69 Å². The van der Waals surface area contributed by atoms with Crippen LogP contribution in [-0.2, 0) is 0 Å². The average molecular weight is 354 g/mol. The molecule has 1 amide bonds. The number of carbonyl (C=O) groups is 1. The lowest BCUT2D eigenvalue weighted by Crippen LogP contribution is -2.36. The first-order valence-electron chi connectivity index (χ1n) is 7.76. The summed E-state index contributed by atoms with van der Waals surface area (Å²) in [6, 6.07) is 7.21. The lowest BCUT2D eigenvalue weighted by Gasteiger charge is -2.19. The highest BCUT2D eigenvalue weighted by atomic mass is 16.6. The fraction of sp³-hybridized carbons (Fsp3) is 0.167. The fourth-order valence-electron chi connectivity index (χ4n) is 2.44. The number of amides is 1. The molecule has 0 saturated heterocycles. The Kier molecular flexibility index (Phi) is 5.79. The van der Waals surface area contributed by atoms with Gasteiger partial charge in [-0.1, -0.05) is 24.3 Å². The predicted octanol–water partition coefficient (Wildman–Crippen LogP) is 2.26. The minimum Gasteiger partial charge on any atom is -0.330 e. The quantitative estimate of drug-likeness (QED) is 0.431. The standard InChI is InChI=1S/C18H18N4O4/c1-4-10-20(11-5-2)18(24)17-16(23)12-13(3)21(19-17)14-8-6-7-9-15(14)22(25)26/h4-9,12H,1-2,10-11H2,3H3. The summed E-state index contributed by atoms with van der Waals surface area (Å²) < 4.78 is 1.23. The normalized spacial score (nSPS) is 10.2. The van der Waals surface area contributed by atoms with Crippen molar-refractivity contribution in [2.45, 2.75) is 6.92 Å². The third-order valence-electron chi connectivity index (χ3n) is 3.60. The Morgan fingerprint density at radius 1 is 1.31 bits per heavy atom. The lowest BCUT2D eigenvalue weighted by molar-refractivity contribution is -0.384. The Labute approximate surface area is 149 Å². The van der Waals surface area contributed by atoms with Crippen molar-refractivity contribution in [2.75, 3.05) is 13.1 Å². The van der Waals surface area contributed by atoms with Crippen molar-refractivity contribution < 1.29 is 9.72 Å². The summed E-state index contributed by atoms with van der Waals surface area (Å²) in [6.07, 6.45) is 3.05. The molecule has 0 radical (unpaired) electrons. The van der Waals surface area contributed by atoms with Crippen LogP contribution in [0.2, 0.25) is 0 Å². The first-order valence-corrected chi connectivity index (χ1v) is 7.76. The molecule has 0 aliphatic rings. The number of para-hydroxylation sites is 2. The van der Waals surface area contributed by atoms with Crippen LogP contribution < -0.4 is 5.43 Å². The van der Waals surface area contributed by atoms with Crippen molar-refractivity contribution in [1.29, 1.82) is 0 Å². The van der Waals surface area contributed by atoms with Gasteiger partial charge in [0, 0.05) is 30.9 Å². The molecule has 1 heterocycles. The second-order valence-electron chi connectivity index (χ2n) is 5.44. The number of carbonyl (C=O) groups excluding carboxylic acids is 1. The van der Waals surface area contributed by atoms with E-state index in [0.717, 1.165) is 0 Å². The Bertz CT molecular complexity index is 923. The van der Waals surface area contributed by atoms with Gasteiger partial charge < -0.3 is 4.90 Å². The van der Waals surface area contributed by atoms with Gasteiger partial charge in [-0.15, -0.1) is 13.2 Å². The van der Waals surface area contributed by atoms with E-state index in [-0.39, 0.29) is 30.2 Å². The molecule has 0 unspecified atom stereocenters. The molecule has 2 rings (SSSR count). The van der Waals surface area contributed by atoms with E-state index in [9.17, 15) is 19.7 Å². The highest BCUT2D eigenvalue weighted by Crippen LogP contribution is 2.22. The Morgan fingerprint density at radius 2 is 1.92 bits per heavy atom. The maximum absolute atomic E-state index is 12.7. The molecule has 0 bridgehead atoms. The number of aromatic nitrogens is 2.